The quantitative estimate of drug-likeness (QED) is 0.669. The van der Waals surface area contributed by atoms with Crippen LogP contribution in [0.25, 0.3) is 11.4 Å². The summed E-state index contributed by atoms with van der Waals surface area (Å²) in [5.74, 6) is -0.875. The first-order chi connectivity index (χ1) is 13.3. The van der Waals surface area contributed by atoms with Crippen LogP contribution in [0.2, 0.25) is 0 Å². The van der Waals surface area contributed by atoms with Crippen molar-refractivity contribution in [2.45, 2.75) is 38.4 Å². The van der Waals surface area contributed by atoms with Crippen LogP contribution in [0, 0.1) is 6.92 Å². The molecule has 1 unspecified atom stereocenters. The van der Waals surface area contributed by atoms with Gasteiger partial charge in [0, 0.05) is 17.7 Å². The van der Waals surface area contributed by atoms with Gasteiger partial charge in [0.1, 0.15) is 6.04 Å². The van der Waals surface area contributed by atoms with Crippen LogP contribution >= 0.6 is 0 Å². The van der Waals surface area contributed by atoms with Gasteiger partial charge in [-0.2, -0.15) is 23.1 Å². The number of amides is 1. The van der Waals surface area contributed by atoms with Crippen LogP contribution in [0.3, 0.4) is 0 Å². The molecule has 146 valence electrons. The SMILES string of the molecule is Cc1noc(C2CCCC(=O)N2c2ccc(-c3noc(C(F)(F)F)n3)cc2)n1. The van der Waals surface area contributed by atoms with Crippen LogP contribution in [0.4, 0.5) is 18.9 Å². The first-order valence-electron chi connectivity index (χ1n) is 8.46. The molecule has 0 bridgehead atoms. The van der Waals surface area contributed by atoms with Gasteiger partial charge in [-0.15, -0.1) is 0 Å². The number of carbonyl (C=O) groups excluding carboxylic acids is 1. The molecule has 1 aliphatic heterocycles. The molecule has 0 aliphatic carbocycles. The van der Waals surface area contributed by atoms with Crippen molar-refractivity contribution in [2.24, 2.45) is 0 Å². The molecule has 1 saturated heterocycles. The molecular formula is C17H14F3N5O3. The Morgan fingerprint density at radius 3 is 2.46 bits per heavy atom. The van der Waals surface area contributed by atoms with E-state index >= 15 is 0 Å². The molecule has 1 atom stereocenters. The summed E-state index contributed by atoms with van der Waals surface area (Å²) in [5.41, 5.74) is 0.895. The number of carbonyl (C=O) groups is 1. The number of alkyl halides is 3. The van der Waals surface area contributed by atoms with Crippen LogP contribution in [-0.2, 0) is 11.0 Å². The second-order valence-electron chi connectivity index (χ2n) is 6.32. The number of anilines is 1. The van der Waals surface area contributed by atoms with Crippen molar-refractivity contribution < 1.29 is 27.0 Å². The fraction of sp³-hybridized carbons (Fsp3) is 0.353. The highest BCUT2D eigenvalue weighted by atomic mass is 19.4. The van der Waals surface area contributed by atoms with Crippen molar-refractivity contribution in [3.8, 4) is 11.4 Å². The van der Waals surface area contributed by atoms with Crippen LogP contribution < -0.4 is 4.90 Å². The van der Waals surface area contributed by atoms with Crippen molar-refractivity contribution in [3.63, 3.8) is 0 Å². The van der Waals surface area contributed by atoms with Gasteiger partial charge in [0.2, 0.25) is 17.6 Å². The molecule has 3 aromatic rings. The monoisotopic (exact) mass is 393 g/mol. The molecule has 8 nitrogen and oxygen atoms in total. The summed E-state index contributed by atoms with van der Waals surface area (Å²) in [6, 6.07) is 5.88. The Morgan fingerprint density at radius 2 is 1.86 bits per heavy atom. The first-order valence-corrected chi connectivity index (χ1v) is 8.46. The molecule has 28 heavy (non-hydrogen) atoms. The largest absolute Gasteiger partial charge is 0.471 e. The van der Waals surface area contributed by atoms with E-state index in [2.05, 4.69) is 24.8 Å². The van der Waals surface area contributed by atoms with Gasteiger partial charge in [0.05, 0.1) is 0 Å². The van der Waals surface area contributed by atoms with E-state index in [4.69, 9.17) is 4.52 Å². The van der Waals surface area contributed by atoms with E-state index in [9.17, 15) is 18.0 Å². The average molecular weight is 393 g/mol. The Bertz CT molecular complexity index is 996. The predicted octanol–water partition coefficient (Wildman–Crippen LogP) is 3.71. The standard InChI is InChI=1S/C17H14F3N5O3/c1-9-21-15(27-23-9)12-3-2-4-13(26)25(12)11-7-5-10(6-8-11)14-22-16(28-24-14)17(18,19)20/h5-8,12H,2-4H2,1H3. The van der Waals surface area contributed by atoms with Gasteiger partial charge >= 0.3 is 12.1 Å². The zero-order valence-corrected chi connectivity index (χ0v) is 14.6. The summed E-state index contributed by atoms with van der Waals surface area (Å²) in [5, 5.41) is 7.13. The normalized spacial score (nSPS) is 17.9. The fourth-order valence-electron chi connectivity index (χ4n) is 3.10. The Labute approximate surface area is 156 Å². The molecule has 3 heterocycles. The lowest BCUT2D eigenvalue weighted by atomic mass is 10.00. The highest BCUT2D eigenvalue weighted by molar-refractivity contribution is 5.94. The first kappa shape index (κ1) is 18.1. The number of benzene rings is 1. The topological polar surface area (TPSA) is 98.2 Å². The number of piperidine rings is 1. The van der Waals surface area contributed by atoms with Gasteiger partial charge in [-0.3, -0.25) is 9.69 Å². The van der Waals surface area contributed by atoms with E-state index in [1.54, 1.807) is 24.0 Å². The van der Waals surface area contributed by atoms with Crippen LogP contribution in [-0.4, -0.2) is 26.2 Å². The van der Waals surface area contributed by atoms with Gasteiger partial charge in [0.25, 0.3) is 0 Å². The van der Waals surface area contributed by atoms with Crippen LogP contribution in [0.5, 0.6) is 0 Å². The molecule has 2 aromatic heterocycles. The number of hydrogen-bond donors (Lipinski definition) is 0. The lowest BCUT2D eigenvalue weighted by Gasteiger charge is -2.33. The second-order valence-corrected chi connectivity index (χ2v) is 6.32. The van der Waals surface area contributed by atoms with Gasteiger partial charge in [-0.05, 0) is 44.0 Å². The van der Waals surface area contributed by atoms with Crippen molar-refractivity contribution in [1.29, 1.82) is 0 Å². The molecular weight excluding hydrogens is 379 g/mol. The molecule has 0 radical (unpaired) electrons. The van der Waals surface area contributed by atoms with Gasteiger partial charge < -0.3 is 9.05 Å². The highest BCUT2D eigenvalue weighted by Gasteiger charge is 2.38. The van der Waals surface area contributed by atoms with Gasteiger partial charge in [-0.25, -0.2) is 0 Å². The maximum Gasteiger partial charge on any atom is 0.471 e. The summed E-state index contributed by atoms with van der Waals surface area (Å²) in [7, 11) is 0. The molecule has 0 N–H and O–H groups in total. The van der Waals surface area contributed by atoms with E-state index in [1.807, 2.05) is 0 Å². The van der Waals surface area contributed by atoms with Crippen LogP contribution in [0.15, 0.2) is 33.3 Å². The summed E-state index contributed by atoms with van der Waals surface area (Å²) >= 11 is 0. The Balaban J connectivity index is 1.63. The second kappa shape index (κ2) is 6.73. The molecule has 4 rings (SSSR count). The lowest BCUT2D eigenvalue weighted by Crippen LogP contribution is -2.38. The van der Waals surface area contributed by atoms with Crippen LogP contribution in [0.1, 0.15) is 42.9 Å². The number of rotatable bonds is 3. The summed E-state index contributed by atoms with van der Waals surface area (Å²) in [4.78, 5) is 21.7. The number of nitrogens with zero attached hydrogens (tertiary/aromatic N) is 5. The van der Waals surface area contributed by atoms with Crippen molar-refractivity contribution in [1.82, 2.24) is 20.3 Å². The zero-order chi connectivity index (χ0) is 19.9. The Hall–Kier alpha value is -3.24. The van der Waals surface area contributed by atoms with Crippen molar-refractivity contribution in [3.05, 3.63) is 41.9 Å². The minimum absolute atomic E-state index is 0.0984. The molecule has 1 aromatic carbocycles. The molecule has 1 amide bonds. The zero-order valence-electron chi connectivity index (χ0n) is 14.6. The minimum atomic E-state index is -4.71. The molecule has 1 fully saturated rings. The number of halogens is 3. The molecule has 1 aliphatic rings. The summed E-state index contributed by atoms with van der Waals surface area (Å²) in [6.07, 6.45) is -2.97. The van der Waals surface area contributed by atoms with E-state index in [-0.39, 0.29) is 11.7 Å². The molecule has 0 spiro atoms. The number of hydrogen-bond acceptors (Lipinski definition) is 7. The summed E-state index contributed by atoms with van der Waals surface area (Å²) < 4.78 is 47.3. The van der Waals surface area contributed by atoms with Gasteiger partial charge in [0.15, 0.2) is 5.82 Å². The van der Waals surface area contributed by atoms with E-state index in [1.165, 1.54) is 12.1 Å². The number of aromatic nitrogens is 4. The Kier molecular flexibility index (Phi) is 4.36. The third kappa shape index (κ3) is 3.35. The molecule has 0 saturated carbocycles. The maximum absolute atomic E-state index is 12.6. The predicted molar refractivity (Wildman–Crippen MR) is 87.8 cm³/mol. The third-order valence-electron chi connectivity index (χ3n) is 4.35. The van der Waals surface area contributed by atoms with Crippen molar-refractivity contribution >= 4 is 11.6 Å². The van der Waals surface area contributed by atoms with E-state index in [0.29, 0.717) is 42.2 Å². The Morgan fingerprint density at radius 1 is 1.11 bits per heavy atom. The van der Waals surface area contributed by atoms with Crippen molar-refractivity contribution in [2.75, 3.05) is 4.90 Å². The summed E-state index contributed by atoms with van der Waals surface area (Å²) in [6.45, 7) is 1.69. The number of aryl methyl sites for hydroxylation is 1. The molecule has 11 heteroatoms. The minimum Gasteiger partial charge on any atom is -0.337 e. The smallest absolute Gasteiger partial charge is 0.337 e. The van der Waals surface area contributed by atoms with E-state index in [0.717, 1.165) is 0 Å². The lowest BCUT2D eigenvalue weighted by molar-refractivity contribution is -0.159. The van der Waals surface area contributed by atoms with Gasteiger partial charge in [-0.1, -0.05) is 10.3 Å². The average Bonchev–Trinajstić information content (AvgIpc) is 3.31. The fourth-order valence-corrected chi connectivity index (χ4v) is 3.10. The van der Waals surface area contributed by atoms with E-state index < -0.39 is 18.1 Å². The highest BCUT2D eigenvalue weighted by Crippen LogP contribution is 2.36. The maximum atomic E-state index is 12.6. The third-order valence-corrected chi connectivity index (χ3v) is 4.35.